The topological polar surface area (TPSA) is 79.0 Å². The van der Waals surface area contributed by atoms with Gasteiger partial charge in [-0.25, -0.2) is 0 Å². The number of nitro groups is 1. The number of anilines is 1. The zero-order chi connectivity index (χ0) is 15.2. The summed E-state index contributed by atoms with van der Waals surface area (Å²) in [5.74, 6) is 0. The Bertz CT molecular complexity index is 678. The van der Waals surface area contributed by atoms with Crippen molar-refractivity contribution in [3.63, 3.8) is 0 Å². The van der Waals surface area contributed by atoms with Gasteiger partial charge in [-0.05, 0) is 31.0 Å². The van der Waals surface area contributed by atoms with Gasteiger partial charge in [0, 0.05) is 6.04 Å². The van der Waals surface area contributed by atoms with E-state index in [4.69, 9.17) is 5.26 Å². The molecule has 2 rings (SSSR count). The van der Waals surface area contributed by atoms with Gasteiger partial charge in [-0.15, -0.1) is 0 Å². The first kappa shape index (κ1) is 14.5. The predicted molar refractivity (Wildman–Crippen MR) is 81.0 cm³/mol. The van der Waals surface area contributed by atoms with E-state index in [1.807, 2.05) is 43.3 Å². The molecule has 0 spiro atoms. The number of nitro benzene ring substituents is 1. The first-order chi connectivity index (χ1) is 10.1. The molecule has 1 unspecified atom stereocenters. The molecular weight excluding hydrogens is 266 g/mol. The van der Waals surface area contributed by atoms with Gasteiger partial charge in [-0.1, -0.05) is 36.4 Å². The molecule has 5 nitrogen and oxygen atoms in total. The van der Waals surface area contributed by atoms with E-state index in [-0.39, 0.29) is 17.3 Å². The second kappa shape index (κ2) is 6.53. The van der Waals surface area contributed by atoms with E-state index in [0.717, 1.165) is 12.0 Å². The van der Waals surface area contributed by atoms with Gasteiger partial charge in [0.05, 0.1) is 4.92 Å². The smallest absolute Gasteiger partial charge is 0.309 e. The fourth-order valence-corrected chi connectivity index (χ4v) is 2.23. The average molecular weight is 281 g/mol. The summed E-state index contributed by atoms with van der Waals surface area (Å²) in [5.41, 5.74) is 1.43. The van der Waals surface area contributed by atoms with Crippen molar-refractivity contribution in [2.24, 2.45) is 0 Å². The van der Waals surface area contributed by atoms with Crippen LogP contribution >= 0.6 is 0 Å². The molecule has 0 aliphatic rings. The van der Waals surface area contributed by atoms with Crippen molar-refractivity contribution < 1.29 is 4.92 Å². The molecule has 0 saturated carbocycles. The third-order valence-corrected chi connectivity index (χ3v) is 3.13. The van der Waals surface area contributed by atoms with Gasteiger partial charge in [0.25, 0.3) is 0 Å². The fraction of sp³-hybridized carbons (Fsp3) is 0.188. The molecular formula is C16H15N3O2. The van der Waals surface area contributed by atoms with E-state index in [1.165, 1.54) is 6.07 Å². The minimum absolute atomic E-state index is 0.0139. The lowest BCUT2D eigenvalue weighted by Crippen LogP contribution is -2.19. The maximum absolute atomic E-state index is 11.2. The molecule has 21 heavy (non-hydrogen) atoms. The Hall–Kier alpha value is -2.87. The normalized spacial score (nSPS) is 11.4. The quantitative estimate of drug-likeness (QED) is 0.672. The molecule has 0 aliphatic carbocycles. The van der Waals surface area contributed by atoms with Crippen molar-refractivity contribution in [3.8, 4) is 6.07 Å². The number of benzene rings is 2. The summed E-state index contributed by atoms with van der Waals surface area (Å²) in [5, 5.41) is 23.3. The summed E-state index contributed by atoms with van der Waals surface area (Å²) in [6, 6.07) is 16.5. The van der Waals surface area contributed by atoms with Crippen molar-refractivity contribution in [1.82, 2.24) is 0 Å². The van der Waals surface area contributed by atoms with Crippen LogP contribution in [0.25, 0.3) is 0 Å². The standard InChI is InChI=1S/C16H15N3O2/c1-12(10-13-6-3-2-4-7-13)18-15-9-5-8-14(11-17)16(15)19(20)21/h2-9,12,18H,10H2,1H3. The predicted octanol–water partition coefficient (Wildman–Crippen LogP) is 3.51. The molecule has 0 aliphatic heterocycles. The second-order valence-corrected chi connectivity index (χ2v) is 4.81. The third kappa shape index (κ3) is 3.57. The first-order valence-electron chi connectivity index (χ1n) is 6.59. The van der Waals surface area contributed by atoms with Gasteiger partial charge in [-0.2, -0.15) is 5.26 Å². The van der Waals surface area contributed by atoms with Crippen molar-refractivity contribution in [3.05, 3.63) is 69.8 Å². The monoisotopic (exact) mass is 281 g/mol. The van der Waals surface area contributed by atoms with Crippen molar-refractivity contribution in [2.45, 2.75) is 19.4 Å². The number of hydrogen-bond donors (Lipinski definition) is 1. The molecule has 0 fully saturated rings. The lowest BCUT2D eigenvalue weighted by atomic mass is 10.1. The Morgan fingerprint density at radius 2 is 1.95 bits per heavy atom. The van der Waals surface area contributed by atoms with E-state index < -0.39 is 4.92 Å². The van der Waals surface area contributed by atoms with Crippen LogP contribution in [0.1, 0.15) is 18.1 Å². The van der Waals surface area contributed by atoms with Crippen LogP contribution < -0.4 is 5.32 Å². The summed E-state index contributed by atoms with van der Waals surface area (Å²) >= 11 is 0. The average Bonchev–Trinajstić information content (AvgIpc) is 2.47. The van der Waals surface area contributed by atoms with E-state index in [1.54, 1.807) is 12.1 Å². The SMILES string of the molecule is CC(Cc1ccccc1)Nc1cccc(C#N)c1[N+](=O)[O-]. The van der Waals surface area contributed by atoms with E-state index in [2.05, 4.69) is 5.32 Å². The highest BCUT2D eigenvalue weighted by Crippen LogP contribution is 2.28. The Morgan fingerprint density at radius 1 is 1.24 bits per heavy atom. The number of para-hydroxylation sites is 1. The van der Waals surface area contributed by atoms with Gasteiger partial charge in [0.1, 0.15) is 17.3 Å². The Kier molecular flexibility index (Phi) is 4.52. The van der Waals surface area contributed by atoms with Crippen molar-refractivity contribution >= 4 is 11.4 Å². The molecule has 1 atom stereocenters. The van der Waals surface area contributed by atoms with Crippen LogP contribution in [-0.4, -0.2) is 11.0 Å². The van der Waals surface area contributed by atoms with Crippen LogP contribution in [0.3, 0.4) is 0 Å². The third-order valence-electron chi connectivity index (χ3n) is 3.13. The minimum Gasteiger partial charge on any atom is -0.377 e. The summed E-state index contributed by atoms with van der Waals surface area (Å²) in [6.07, 6.45) is 0.745. The molecule has 0 aromatic heterocycles. The Balaban J connectivity index is 2.20. The highest BCUT2D eigenvalue weighted by atomic mass is 16.6. The maximum atomic E-state index is 11.2. The van der Waals surface area contributed by atoms with E-state index in [0.29, 0.717) is 5.69 Å². The highest BCUT2D eigenvalue weighted by Gasteiger charge is 2.20. The molecule has 0 saturated heterocycles. The number of nitriles is 1. The summed E-state index contributed by atoms with van der Waals surface area (Å²) < 4.78 is 0. The molecule has 5 heteroatoms. The zero-order valence-electron chi connectivity index (χ0n) is 11.6. The van der Waals surface area contributed by atoms with Crippen LogP contribution in [0.4, 0.5) is 11.4 Å². The summed E-state index contributed by atoms with van der Waals surface area (Å²) in [4.78, 5) is 10.6. The van der Waals surface area contributed by atoms with Crippen molar-refractivity contribution in [2.75, 3.05) is 5.32 Å². The lowest BCUT2D eigenvalue weighted by Gasteiger charge is -2.15. The maximum Gasteiger partial charge on any atom is 0.309 e. The van der Waals surface area contributed by atoms with Gasteiger partial charge in [0.15, 0.2) is 0 Å². The molecule has 0 amide bonds. The molecule has 106 valence electrons. The number of rotatable bonds is 5. The molecule has 0 heterocycles. The molecule has 0 radical (unpaired) electrons. The van der Waals surface area contributed by atoms with Crippen LogP contribution in [0.2, 0.25) is 0 Å². The lowest BCUT2D eigenvalue weighted by molar-refractivity contribution is -0.384. The second-order valence-electron chi connectivity index (χ2n) is 4.81. The largest absolute Gasteiger partial charge is 0.377 e. The number of nitrogens with one attached hydrogen (secondary N) is 1. The molecule has 2 aromatic rings. The molecule has 2 aromatic carbocycles. The molecule has 0 bridgehead atoms. The minimum atomic E-state index is -0.518. The van der Waals surface area contributed by atoms with Crippen LogP contribution in [0.15, 0.2) is 48.5 Å². The van der Waals surface area contributed by atoms with Gasteiger partial charge < -0.3 is 5.32 Å². The van der Waals surface area contributed by atoms with Crippen LogP contribution in [-0.2, 0) is 6.42 Å². The van der Waals surface area contributed by atoms with Gasteiger partial charge in [0.2, 0.25) is 0 Å². The number of hydrogen-bond acceptors (Lipinski definition) is 4. The Morgan fingerprint density at radius 3 is 2.57 bits per heavy atom. The van der Waals surface area contributed by atoms with E-state index in [9.17, 15) is 10.1 Å². The van der Waals surface area contributed by atoms with Crippen LogP contribution in [0, 0.1) is 21.4 Å². The zero-order valence-corrected chi connectivity index (χ0v) is 11.6. The Labute approximate surface area is 123 Å². The summed E-state index contributed by atoms with van der Waals surface area (Å²) in [6.45, 7) is 1.95. The highest BCUT2D eigenvalue weighted by molar-refractivity contribution is 5.68. The van der Waals surface area contributed by atoms with Crippen molar-refractivity contribution in [1.29, 1.82) is 5.26 Å². The number of nitrogens with zero attached hydrogens (tertiary/aromatic N) is 2. The fourth-order valence-electron chi connectivity index (χ4n) is 2.23. The van der Waals surface area contributed by atoms with Gasteiger partial charge >= 0.3 is 5.69 Å². The van der Waals surface area contributed by atoms with Crippen LogP contribution in [0.5, 0.6) is 0 Å². The summed E-state index contributed by atoms with van der Waals surface area (Å²) in [7, 11) is 0. The first-order valence-corrected chi connectivity index (χ1v) is 6.59. The van der Waals surface area contributed by atoms with E-state index >= 15 is 0 Å². The van der Waals surface area contributed by atoms with Gasteiger partial charge in [-0.3, -0.25) is 10.1 Å². The molecule has 1 N–H and O–H groups in total.